The summed E-state index contributed by atoms with van der Waals surface area (Å²) in [5, 5.41) is 0.630. The average Bonchev–Trinajstić information content (AvgIpc) is 3.53. The highest BCUT2D eigenvalue weighted by atomic mass is 35.5. The van der Waals surface area contributed by atoms with Gasteiger partial charge in [0.1, 0.15) is 9.96 Å². The molecule has 1 fully saturated rings. The molecule has 4 rings (SSSR count). The topological polar surface area (TPSA) is 83.1 Å². The molecule has 1 unspecified atom stereocenters. The van der Waals surface area contributed by atoms with E-state index in [0.717, 1.165) is 40.4 Å². The molecule has 1 aromatic carbocycles. The smallest absolute Gasteiger partial charge is 0.252 e. The molecule has 0 N–H and O–H groups in total. The number of likely N-dealkylation sites (N-methyl/N-ethyl adjacent to an activating group) is 1. The van der Waals surface area contributed by atoms with Crippen LogP contribution in [0.2, 0.25) is 4.34 Å². The molecular formula is C25H33ClN4O4S3. The zero-order valence-corrected chi connectivity index (χ0v) is 24.6. The largest absolute Gasteiger partial charge is 0.494 e. The van der Waals surface area contributed by atoms with Crippen molar-refractivity contribution in [2.75, 3.05) is 50.8 Å². The number of hydrogen-bond donors (Lipinski definition) is 0. The minimum atomic E-state index is -3.70. The van der Waals surface area contributed by atoms with Crippen LogP contribution in [0.1, 0.15) is 33.6 Å². The van der Waals surface area contributed by atoms with Gasteiger partial charge in [0.25, 0.3) is 10.0 Å². The van der Waals surface area contributed by atoms with Gasteiger partial charge in [-0.25, -0.2) is 13.4 Å². The number of piperidine rings is 1. The summed E-state index contributed by atoms with van der Waals surface area (Å²) in [7, 11) is -3.70. The van der Waals surface area contributed by atoms with Crippen LogP contribution in [0.3, 0.4) is 0 Å². The number of thiazole rings is 1. The number of carbonyl (C=O) groups excluding carboxylic acids is 1. The van der Waals surface area contributed by atoms with E-state index in [4.69, 9.17) is 21.3 Å². The third kappa shape index (κ3) is 6.46. The van der Waals surface area contributed by atoms with Gasteiger partial charge in [0, 0.05) is 26.2 Å². The predicted octanol–water partition coefficient (Wildman–Crippen LogP) is 5.19. The second-order valence-electron chi connectivity index (χ2n) is 8.84. The van der Waals surface area contributed by atoms with Crippen LogP contribution in [0.4, 0.5) is 5.13 Å². The fourth-order valence-electron chi connectivity index (χ4n) is 4.49. The molecule has 37 heavy (non-hydrogen) atoms. The highest BCUT2D eigenvalue weighted by Gasteiger charge is 2.36. The number of halogens is 1. The highest BCUT2D eigenvalue weighted by Crippen LogP contribution is 2.34. The number of fused-ring (bicyclic) bond motifs is 1. The fourth-order valence-corrected chi connectivity index (χ4v) is 8.68. The standard InChI is InChI=1S/C25H33ClN4O4S3/c1-4-28(5-2)14-15-30(25-27-20-10-9-19(34-6-3)16-21(20)35-25)24(31)18-8-7-13-29(17-18)37(32,33)23-12-11-22(26)36-23/h9-12,16,18H,4-8,13-15,17H2,1-3H3. The highest BCUT2D eigenvalue weighted by molar-refractivity contribution is 7.91. The molecule has 1 aliphatic heterocycles. The first-order valence-electron chi connectivity index (χ1n) is 12.6. The summed E-state index contributed by atoms with van der Waals surface area (Å²) < 4.78 is 35.1. The molecule has 3 heterocycles. The number of thiophene rings is 1. The van der Waals surface area contributed by atoms with Gasteiger partial charge in [0.05, 0.1) is 27.1 Å². The van der Waals surface area contributed by atoms with Crippen LogP contribution in [0.15, 0.2) is 34.5 Å². The monoisotopic (exact) mass is 584 g/mol. The van der Waals surface area contributed by atoms with Gasteiger partial charge in [-0.1, -0.05) is 36.8 Å². The van der Waals surface area contributed by atoms with Crippen LogP contribution in [-0.2, 0) is 14.8 Å². The van der Waals surface area contributed by atoms with E-state index in [0.29, 0.717) is 48.6 Å². The fraction of sp³-hybridized carbons (Fsp3) is 0.520. The number of nitrogens with zero attached hydrogens (tertiary/aromatic N) is 4. The van der Waals surface area contributed by atoms with Gasteiger partial charge < -0.3 is 9.64 Å². The average molecular weight is 585 g/mol. The summed E-state index contributed by atoms with van der Waals surface area (Å²) >= 11 is 8.50. The molecule has 1 amide bonds. The van der Waals surface area contributed by atoms with E-state index in [-0.39, 0.29) is 16.7 Å². The predicted molar refractivity (Wildman–Crippen MR) is 152 cm³/mol. The van der Waals surface area contributed by atoms with Gasteiger partial charge in [0.2, 0.25) is 5.91 Å². The van der Waals surface area contributed by atoms with Gasteiger partial charge in [0.15, 0.2) is 5.13 Å². The quantitative estimate of drug-likeness (QED) is 0.309. The molecule has 0 spiro atoms. The Hall–Kier alpha value is -1.76. The number of rotatable bonds is 11. The lowest BCUT2D eigenvalue weighted by Crippen LogP contribution is -2.48. The van der Waals surface area contributed by atoms with Crippen molar-refractivity contribution in [3.05, 3.63) is 34.7 Å². The van der Waals surface area contributed by atoms with E-state index in [1.165, 1.54) is 21.7 Å². The minimum Gasteiger partial charge on any atom is -0.494 e. The summed E-state index contributed by atoms with van der Waals surface area (Å²) in [5.41, 5.74) is 0.812. The van der Waals surface area contributed by atoms with Crippen molar-refractivity contribution in [1.82, 2.24) is 14.2 Å². The number of amides is 1. The number of aromatic nitrogens is 1. The summed E-state index contributed by atoms with van der Waals surface area (Å²) in [6, 6.07) is 8.87. The molecule has 3 aromatic rings. The van der Waals surface area contributed by atoms with E-state index in [2.05, 4.69) is 18.7 Å². The van der Waals surface area contributed by atoms with Crippen molar-refractivity contribution in [2.45, 2.75) is 37.8 Å². The molecule has 12 heteroatoms. The number of carbonyl (C=O) groups is 1. The second kappa shape index (κ2) is 12.4. The van der Waals surface area contributed by atoms with Crippen molar-refractivity contribution in [1.29, 1.82) is 0 Å². The third-order valence-electron chi connectivity index (χ3n) is 6.57. The lowest BCUT2D eigenvalue weighted by molar-refractivity contribution is -0.123. The van der Waals surface area contributed by atoms with Crippen LogP contribution in [0, 0.1) is 5.92 Å². The number of benzene rings is 1. The molecule has 202 valence electrons. The van der Waals surface area contributed by atoms with Gasteiger partial charge in [-0.2, -0.15) is 4.31 Å². The Balaban J connectivity index is 1.60. The molecule has 1 atom stereocenters. The van der Waals surface area contributed by atoms with E-state index < -0.39 is 15.9 Å². The Bertz CT molecular complexity index is 1320. The van der Waals surface area contributed by atoms with E-state index in [9.17, 15) is 13.2 Å². The Morgan fingerprint density at radius 1 is 1.16 bits per heavy atom. The zero-order valence-electron chi connectivity index (χ0n) is 21.4. The van der Waals surface area contributed by atoms with Crippen molar-refractivity contribution in [3.63, 3.8) is 0 Å². The first-order chi connectivity index (χ1) is 17.8. The Morgan fingerprint density at radius 3 is 2.62 bits per heavy atom. The number of anilines is 1. The SMILES string of the molecule is CCOc1ccc2nc(N(CCN(CC)CC)C(=O)C3CCCN(S(=O)(=O)c4ccc(Cl)s4)C3)sc2c1. The van der Waals surface area contributed by atoms with Gasteiger partial charge in [-0.3, -0.25) is 9.69 Å². The first kappa shape index (κ1) is 28.3. The van der Waals surface area contributed by atoms with Crippen molar-refractivity contribution in [2.24, 2.45) is 5.92 Å². The lowest BCUT2D eigenvalue weighted by atomic mass is 9.98. The number of hydrogen-bond acceptors (Lipinski definition) is 8. The molecular weight excluding hydrogens is 552 g/mol. The minimum absolute atomic E-state index is 0.0830. The second-order valence-corrected chi connectivity index (χ2v) is 13.7. The normalized spacial score (nSPS) is 16.9. The maximum atomic E-state index is 14.0. The maximum Gasteiger partial charge on any atom is 0.252 e. The number of sulfonamides is 1. The summed E-state index contributed by atoms with van der Waals surface area (Å²) in [6.07, 6.45) is 1.26. The van der Waals surface area contributed by atoms with E-state index in [1.54, 1.807) is 11.0 Å². The van der Waals surface area contributed by atoms with Crippen molar-refractivity contribution in [3.8, 4) is 5.75 Å². The Kier molecular flexibility index (Phi) is 9.47. The summed E-state index contributed by atoms with van der Waals surface area (Å²) in [4.78, 5) is 22.8. The zero-order chi connectivity index (χ0) is 26.6. The molecule has 0 saturated carbocycles. The summed E-state index contributed by atoms with van der Waals surface area (Å²) in [5.74, 6) is 0.245. The van der Waals surface area contributed by atoms with Crippen LogP contribution in [0.5, 0.6) is 5.75 Å². The van der Waals surface area contributed by atoms with Gasteiger partial charge in [-0.15, -0.1) is 11.3 Å². The lowest BCUT2D eigenvalue weighted by Gasteiger charge is -2.34. The van der Waals surface area contributed by atoms with Gasteiger partial charge >= 0.3 is 0 Å². The Labute approximate surface area is 231 Å². The molecule has 0 radical (unpaired) electrons. The molecule has 8 nitrogen and oxygen atoms in total. The summed E-state index contributed by atoms with van der Waals surface area (Å²) in [6.45, 7) is 10.2. The maximum absolute atomic E-state index is 14.0. The van der Waals surface area contributed by atoms with Crippen LogP contribution >= 0.6 is 34.3 Å². The van der Waals surface area contributed by atoms with E-state index >= 15 is 0 Å². The van der Waals surface area contributed by atoms with E-state index in [1.807, 2.05) is 25.1 Å². The molecule has 0 aliphatic carbocycles. The van der Waals surface area contributed by atoms with Crippen LogP contribution < -0.4 is 9.64 Å². The van der Waals surface area contributed by atoms with Crippen LogP contribution in [-0.4, -0.2) is 74.4 Å². The molecule has 0 bridgehead atoms. The van der Waals surface area contributed by atoms with Crippen molar-refractivity contribution < 1.29 is 17.9 Å². The first-order valence-corrected chi connectivity index (χ1v) is 16.0. The third-order valence-corrected chi connectivity index (χ3v) is 11.2. The molecule has 1 saturated heterocycles. The Morgan fingerprint density at radius 2 is 1.95 bits per heavy atom. The van der Waals surface area contributed by atoms with Crippen molar-refractivity contribution >= 4 is 65.6 Å². The van der Waals surface area contributed by atoms with Crippen LogP contribution in [0.25, 0.3) is 10.2 Å². The molecule has 2 aromatic heterocycles. The van der Waals surface area contributed by atoms with Gasteiger partial charge in [-0.05, 0) is 63.2 Å². The number of ether oxygens (including phenoxy) is 1. The molecule has 1 aliphatic rings.